The summed E-state index contributed by atoms with van der Waals surface area (Å²) in [6, 6.07) is 21.1. The lowest BCUT2D eigenvalue weighted by atomic mass is 10.1. The number of hydrogen-bond donors (Lipinski definition) is 2. The van der Waals surface area contributed by atoms with Crippen LogP contribution in [0.4, 0.5) is 11.4 Å². The van der Waals surface area contributed by atoms with Crippen LogP contribution in [0.15, 0.2) is 84.0 Å². The van der Waals surface area contributed by atoms with Crippen LogP contribution in [0.2, 0.25) is 0 Å². The lowest BCUT2D eigenvalue weighted by Crippen LogP contribution is -2.46. The quantitative estimate of drug-likeness (QED) is 0.338. The predicted molar refractivity (Wildman–Crippen MR) is 141 cm³/mol. The third kappa shape index (κ3) is 6.70. The van der Waals surface area contributed by atoms with Crippen molar-refractivity contribution < 1.29 is 22.7 Å². The highest BCUT2D eigenvalue weighted by Gasteiger charge is 2.29. The number of hydrazone groups is 1. The molecule has 2 N–H and O–H groups in total. The van der Waals surface area contributed by atoms with Gasteiger partial charge in [0.05, 0.1) is 24.8 Å². The maximum atomic E-state index is 12.8. The molecule has 36 heavy (non-hydrogen) atoms. The zero-order chi connectivity index (χ0) is 26.3. The summed E-state index contributed by atoms with van der Waals surface area (Å²) in [6.07, 6.45) is 1.03. The number of sulfonamides is 1. The van der Waals surface area contributed by atoms with E-state index in [0.29, 0.717) is 34.0 Å². The van der Waals surface area contributed by atoms with Crippen LogP contribution in [0.3, 0.4) is 0 Å². The van der Waals surface area contributed by atoms with Gasteiger partial charge in [0.25, 0.3) is 11.8 Å². The molecule has 0 aliphatic rings. The Labute approximate surface area is 210 Å². The average Bonchev–Trinajstić information content (AvgIpc) is 2.87. The van der Waals surface area contributed by atoms with Crippen molar-refractivity contribution in [3.8, 4) is 5.75 Å². The van der Waals surface area contributed by atoms with Crippen molar-refractivity contribution in [3.05, 3.63) is 90.0 Å². The van der Waals surface area contributed by atoms with Gasteiger partial charge in [-0.1, -0.05) is 30.3 Å². The van der Waals surface area contributed by atoms with Gasteiger partial charge in [0.2, 0.25) is 10.0 Å². The van der Waals surface area contributed by atoms with E-state index in [1.165, 1.54) is 14.0 Å². The first kappa shape index (κ1) is 26.4. The van der Waals surface area contributed by atoms with E-state index in [2.05, 4.69) is 15.8 Å². The van der Waals surface area contributed by atoms with Gasteiger partial charge in [0.1, 0.15) is 11.8 Å². The predicted octanol–water partition coefficient (Wildman–Crippen LogP) is 3.64. The number of carbonyl (C=O) groups is 2. The fraction of sp³-hybridized carbons (Fsp3) is 0.192. The van der Waals surface area contributed by atoms with Crippen molar-refractivity contribution in [2.24, 2.45) is 5.10 Å². The Hall–Kier alpha value is -4.18. The molecule has 0 aromatic heterocycles. The fourth-order valence-corrected chi connectivity index (χ4v) is 4.62. The third-order valence-corrected chi connectivity index (χ3v) is 6.57. The normalized spacial score (nSPS) is 12.4. The largest absolute Gasteiger partial charge is 0.497 e. The van der Waals surface area contributed by atoms with Gasteiger partial charge in [-0.15, -0.1) is 0 Å². The van der Waals surface area contributed by atoms with Crippen LogP contribution < -0.4 is 19.8 Å². The van der Waals surface area contributed by atoms with Crippen molar-refractivity contribution in [2.45, 2.75) is 19.9 Å². The molecule has 0 radical (unpaired) electrons. The van der Waals surface area contributed by atoms with Gasteiger partial charge in [-0.2, -0.15) is 5.10 Å². The highest BCUT2D eigenvalue weighted by molar-refractivity contribution is 7.92. The number of benzene rings is 3. The standard InChI is InChI=1S/C26H28N4O5S/c1-18(21-11-8-12-22(17-21)27-26(32)20-9-6-5-7-10-20)28-29-25(31)19(2)30(36(4,33)34)23-13-15-24(35-3)16-14-23/h5-17,19H,1-4H3,(H,27,32)(H,29,31)/b28-18-/t19-/m1/s1. The Morgan fingerprint density at radius 2 is 1.58 bits per heavy atom. The molecule has 0 fully saturated rings. The summed E-state index contributed by atoms with van der Waals surface area (Å²) in [5.41, 5.74) is 5.01. The van der Waals surface area contributed by atoms with Crippen LogP contribution in [-0.2, 0) is 14.8 Å². The van der Waals surface area contributed by atoms with E-state index in [0.717, 1.165) is 10.6 Å². The molecule has 0 saturated carbocycles. The highest BCUT2D eigenvalue weighted by Crippen LogP contribution is 2.24. The summed E-state index contributed by atoms with van der Waals surface area (Å²) < 4.78 is 31.1. The van der Waals surface area contributed by atoms with Gasteiger partial charge in [0.15, 0.2) is 0 Å². The van der Waals surface area contributed by atoms with Crippen LogP contribution in [-0.4, -0.2) is 45.4 Å². The Bertz CT molecular complexity index is 1360. The van der Waals surface area contributed by atoms with E-state index in [9.17, 15) is 18.0 Å². The summed E-state index contributed by atoms with van der Waals surface area (Å²) in [4.78, 5) is 25.3. The zero-order valence-corrected chi connectivity index (χ0v) is 21.2. The van der Waals surface area contributed by atoms with Gasteiger partial charge < -0.3 is 10.1 Å². The maximum Gasteiger partial charge on any atom is 0.263 e. The molecular formula is C26H28N4O5S. The molecule has 2 amide bonds. The number of hydrogen-bond acceptors (Lipinski definition) is 6. The van der Waals surface area contributed by atoms with Crippen LogP contribution in [0.5, 0.6) is 5.75 Å². The topological polar surface area (TPSA) is 117 Å². The Kier molecular flexibility index (Phi) is 8.44. The fourth-order valence-electron chi connectivity index (χ4n) is 3.45. The molecule has 0 aliphatic carbocycles. The summed E-state index contributed by atoms with van der Waals surface area (Å²) in [5, 5.41) is 6.97. The number of anilines is 2. The summed E-state index contributed by atoms with van der Waals surface area (Å²) in [6.45, 7) is 3.17. The monoisotopic (exact) mass is 508 g/mol. The van der Waals surface area contributed by atoms with Crippen molar-refractivity contribution in [1.82, 2.24) is 5.43 Å². The number of carbonyl (C=O) groups excluding carboxylic acids is 2. The average molecular weight is 509 g/mol. The number of nitrogens with one attached hydrogen (secondary N) is 2. The minimum atomic E-state index is -3.77. The molecule has 0 saturated heterocycles. The molecule has 0 aliphatic heterocycles. The van der Waals surface area contributed by atoms with Gasteiger partial charge >= 0.3 is 0 Å². The molecule has 188 valence electrons. The molecule has 0 unspecified atom stereocenters. The van der Waals surface area contributed by atoms with Gasteiger partial charge in [-0.25, -0.2) is 13.8 Å². The van der Waals surface area contributed by atoms with E-state index in [4.69, 9.17) is 4.74 Å². The zero-order valence-electron chi connectivity index (χ0n) is 20.4. The van der Waals surface area contributed by atoms with Gasteiger partial charge in [-0.05, 0) is 67.9 Å². The van der Waals surface area contributed by atoms with E-state index < -0.39 is 22.0 Å². The summed E-state index contributed by atoms with van der Waals surface area (Å²) in [7, 11) is -2.26. The number of amides is 2. The lowest BCUT2D eigenvalue weighted by molar-refractivity contribution is -0.121. The molecule has 0 spiro atoms. The number of methoxy groups -OCH3 is 1. The minimum absolute atomic E-state index is 0.246. The Balaban J connectivity index is 1.73. The molecule has 9 nitrogen and oxygen atoms in total. The molecule has 0 bridgehead atoms. The van der Waals surface area contributed by atoms with Crippen molar-refractivity contribution in [1.29, 1.82) is 0 Å². The lowest BCUT2D eigenvalue weighted by Gasteiger charge is -2.27. The van der Waals surface area contributed by atoms with Gasteiger partial charge in [-0.3, -0.25) is 13.9 Å². The number of nitrogens with zero attached hydrogens (tertiary/aromatic N) is 2. The molecular weight excluding hydrogens is 480 g/mol. The van der Waals surface area contributed by atoms with Crippen molar-refractivity contribution in [3.63, 3.8) is 0 Å². The highest BCUT2D eigenvalue weighted by atomic mass is 32.2. The second-order valence-electron chi connectivity index (χ2n) is 8.01. The Morgan fingerprint density at radius 3 is 2.19 bits per heavy atom. The third-order valence-electron chi connectivity index (χ3n) is 5.32. The van der Waals surface area contributed by atoms with Crippen molar-refractivity contribution in [2.75, 3.05) is 23.0 Å². The molecule has 0 heterocycles. The summed E-state index contributed by atoms with van der Waals surface area (Å²) in [5.74, 6) is -0.292. The van der Waals surface area contributed by atoms with Crippen LogP contribution in [0.25, 0.3) is 0 Å². The first-order chi connectivity index (χ1) is 17.1. The van der Waals surface area contributed by atoms with Crippen molar-refractivity contribution >= 4 is 38.9 Å². The van der Waals surface area contributed by atoms with E-state index in [1.807, 2.05) is 6.07 Å². The SMILES string of the molecule is COc1ccc(N([C@H](C)C(=O)N/N=C(/C)c2cccc(NC(=O)c3ccccc3)c2)S(C)(=O)=O)cc1. The maximum absolute atomic E-state index is 12.8. The molecule has 3 aromatic rings. The van der Waals surface area contributed by atoms with E-state index in [1.54, 1.807) is 79.7 Å². The van der Waals surface area contributed by atoms with Crippen LogP contribution in [0.1, 0.15) is 29.8 Å². The first-order valence-corrected chi connectivity index (χ1v) is 12.9. The van der Waals surface area contributed by atoms with E-state index in [-0.39, 0.29) is 5.91 Å². The van der Waals surface area contributed by atoms with E-state index >= 15 is 0 Å². The Morgan fingerprint density at radius 1 is 0.944 bits per heavy atom. The first-order valence-electron chi connectivity index (χ1n) is 11.0. The number of rotatable bonds is 9. The van der Waals surface area contributed by atoms with Gasteiger partial charge in [0, 0.05) is 11.3 Å². The smallest absolute Gasteiger partial charge is 0.263 e. The molecule has 3 rings (SSSR count). The second kappa shape index (κ2) is 11.5. The second-order valence-corrected chi connectivity index (χ2v) is 9.87. The summed E-state index contributed by atoms with van der Waals surface area (Å²) >= 11 is 0. The molecule has 10 heteroatoms. The number of ether oxygens (including phenoxy) is 1. The molecule has 3 aromatic carbocycles. The minimum Gasteiger partial charge on any atom is -0.497 e. The molecule has 1 atom stereocenters. The van der Waals surface area contributed by atoms with Crippen LogP contribution in [0, 0.1) is 0 Å². The van der Waals surface area contributed by atoms with Crippen LogP contribution >= 0.6 is 0 Å².